The summed E-state index contributed by atoms with van der Waals surface area (Å²) in [7, 11) is 3.08. The Labute approximate surface area is 121 Å². The maximum Gasteiger partial charge on any atom is 0.424 e. The molecule has 108 valence electrons. The minimum absolute atomic E-state index is 0.0984. The van der Waals surface area contributed by atoms with E-state index in [1.165, 1.54) is 23.6 Å². The number of hydrogen-bond donors (Lipinski definition) is 0. The summed E-state index contributed by atoms with van der Waals surface area (Å²) in [5.41, 5.74) is -0.375. The van der Waals surface area contributed by atoms with Gasteiger partial charge in [0.05, 0.1) is 0 Å². The van der Waals surface area contributed by atoms with Crippen molar-refractivity contribution in [3.8, 4) is 0 Å². The van der Waals surface area contributed by atoms with E-state index in [4.69, 9.17) is 4.74 Å². The fraction of sp³-hybridized carbons (Fsp3) is 0.750. The van der Waals surface area contributed by atoms with Gasteiger partial charge in [-0.2, -0.15) is 4.90 Å². The van der Waals surface area contributed by atoms with E-state index < -0.39 is 17.9 Å². The second kappa shape index (κ2) is 8.47. The summed E-state index contributed by atoms with van der Waals surface area (Å²) in [6, 6.07) is 0. The van der Waals surface area contributed by atoms with Crippen LogP contribution in [0.15, 0.2) is 0 Å². The molecule has 1 atom stereocenters. The topological polar surface area (TPSA) is 63.7 Å². The van der Waals surface area contributed by atoms with Gasteiger partial charge >= 0.3 is 6.09 Å². The molecule has 0 radical (unpaired) electrons. The van der Waals surface area contributed by atoms with Crippen LogP contribution in [0.25, 0.3) is 0 Å². The molecule has 1 fully saturated rings. The number of carbonyl (C=O) groups excluding carboxylic acids is 3. The minimum atomic E-state index is -0.846. The molecule has 1 aliphatic heterocycles. The highest BCUT2D eigenvalue weighted by Crippen LogP contribution is 2.29. The molecule has 3 amide bonds. The molecule has 0 aromatic heterocycles. The Hall–Kier alpha value is -0.690. The van der Waals surface area contributed by atoms with Crippen LogP contribution in [0.5, 0.6) is 0 Å². The van der Waals surface area contributed by atoms with Crippen molar-refractivity contribution in [2.45, 2.75) is 51.4 Å². The summed E-state index contributed by atoms with van der Waals surface area (Å²) >= 11 is 0. The Morgan fingerprint density at radius 1 is 1.32 bits per heavy atom. The van der Waals surface area contributed by atoms with Crippen molar-refractivity contribution in [2.75, 3.05) is 5.75 Å². The quantitative estimate of drug-likeness (QED) is 0.311. The van der Waals surface area contributed by atoms with E-state index in [0.29, 0.717) is 4.90 Å². The maximum absolute atomic E-state index is 11.7. The zero-order valence-electron chi connectivity index (χ0n) is 11.2. The monoisotopic (exact) mass is 305 g/mol. The Morgan fingerprint density at radius 3 is 2.53 bits per heavy atom. The highest BCUT2D eigenvalue weighted by molar-refractivity contribution is 8.76. The number of hydrogen-bond acceptors (Lipinski definition) is 6. The molecule has 7 heteroatoms. The first-order valence-electron chi connectivity index (χ1n) is 6.41. The van der Waals surface area contributed by atoms with Crippen LogP contribution in [0.1, 0.15) is 46.0 Å². The van der Waals surface area contributed by atoms with Crippen molar-refractivity contribution in [3.05, 3.63) is 0 Å². The van der Waals surface area contributed by atoms with Gasteiger partial charge in [-0.05, 0) is 24.1 Å². The van der Waals surface area contributed by atoms with Crippen LogP contribution in [-0.4, -0.2) is 34.0 Å². The average molecular weight is 305 g/mol. The molecule has 1 unspecified atom stereocenters. The van der Waals surface area contributed by atoms with Crippen molar-refractivity contribution in [3.63, 3.8) is 0 Å². The Morgan fingerprint density at radius 2 is 1.95 bits per heavy atom. The molecule has 0 bridgehead atoms. The maximum atomic E-state index is 11.7. The van der Waals surface area contributed by atoms with Crippen LogP contribution in [0.4, 0.5) is 4.79 Å². The van der Waals surface area contributed by atoms with Gasteiger partial charge in [0.25, 0.3) is 0 Å². The van der Waals surface area contributed by atoms with Crippen LogP contribution in [-0.2, 0) is 14.3 Å². The molecular formula is C12H19NO4S2. The lowest BCUT2D eigenvalue weighted by Crippen LogP contribution is -2.37. The molecule has 0 aliphatic carbocycles. The number of rotatable bonds is 7. The van der Waals surface area contributed by atoms with E-state index >= 15 is 0 Å². The Bertz CT molecular complexity index is 333. The van der Waals surface area contributed by atoms with Crippen molar-refractivity contribution < 1.29 is 19.1 Å². The Balaban J connectivity index is 2.24. The van der Waals surface area contributed by atoms with E-state index in [1.54, 1.807) is 17.7 Å². The highest BCUT2D eigenvalue weighted by Gasteiger charge is 2.36. The van der Waals surface area contributed by atoms with Crippen LogP contribution in [0.3, 0.4) is 0 Å². The fourth-order valence-electron chi connectivity index (χ4n) is 1.55. The number of amides is 3. The van der Waals surface area contributed by atoms with Gasteiger partial charge in [0, 0.05) is 18.6 Å². The molecule has 1 saturated heterocycles. The minimum Gasteiger partial charge on any atom is -0.434 e. The van der Waals surface area contributed by atoms with Gasteiger partial charge in [0.2, 0.25) is 11.8 Å². The lowest BCUT2D eigenvalue weighted by molar-refractivity contribution is -0.136. The summed E-state index contributed by atoms with van der Waals surface area (Å²) < 4.78 is 5.07. The number of carbonyl (C=O) groups is 3. The van der Waals surface area contributed by atoms with Gasteiger partial charge < -0.3 is 4.74 Å². The van der Waals surface area contributed by atoms with Crippen LogP contribution < -0.4 is 0 Å². The van der Waals surface area contributed by atoms with Gasteiger partial charge in [-0.1, -0.05) is 30.6 Å². The third-order valence-corrected chi connectivity index (χ3v) is 5.22. The summed E-state index contributed by atoms with van der Waals surface area (Å²) in [6.07, 6.45) is 2.86. The van der Waals surface area contributed by atoms with E-state index in [2.05, 4.69) is 6.92 Å². The number of imide groups is 3. The summed E-state index contributed by atoms with van der Waals surface area (Å²) in [5.74, 6) is 0.0627. The normalized spacial score (nSPS) is 16.8. The smallest absolute Gasteiger partial charge is 0.424 e. The molecule has 0 N–H and O–H groups in total. The molecule has 0 aromatic rings. The number of nitrogens with zero attached hydrogens (tertiary/aromatic N) is 1. The van der Waals surface area contributed by atoms with Crippen molar-refractivity contribution >= 4 is 39.5 Å². The first-order valence-corrected chi connectivity index (χ1v) is 8.79. The SMILES string of the molecule is CCCCCSSC(C)OC(=O)N1C(=O)CCC1=O. The van der Waals surface area contributed by atoms with Gasteiger partial charge in [-0.25, -0.2) is 4.79 Å². The molecule has 1 heterocycles. The predicted molar refractivity (Wildman–Crippen MR) is 76.6 cm³/mol. The number of likely N-dealkylation sites (tertiary alicyclic amines) is 1. The second-order valence-corrected chi connectivity index (χ2v) is 6.98. The lowest BCUT2D eigenvalue weighted by atomic mass is 10.3. The second-order valence-electron chi connectivity index (χ2n) is 4.20. The van der Waals surface area contributed by atoms with Gasteiger partial charge in [0.15, 0.2) is 5.44 Å². The predicted octanol–water partition coefficient (Wildman–Crippen LogP) is 3.19. The molecule has 1 aliphatic rings. The molecule has 19 heavy (non-hydrogen) atoms. The molecule has 0 spiro atoms. The highest BCUT2D eigenvalue weighted by atomic mass is 33.1. The van der Waals surface area contributed by atoms with Gasteiger partial charge in [0.1, 0.15) is 0 Å². The van der Waals surface area contributed by atoms with Crippen LogP contribution >= 0.6 is 21.6 Å². The van der Waals surface area contributed by atoms with Gasteiger partial charge in [-0.15, -0.1) is 0 Å². The molecule has 0 saturated carbocycles. The first kappa shape index (κ1) is 16.4. The molecular weight excluding hydrogens is 286 g/mol. The zero-order chi connectivity index (χ0) is 14.3. The standard InChI is InChI=1S/C12H19NO4S2/c1-3-4-5-8-18-19-9(2)17-12(16)13-10(14)6-7-11(13)15/h9H,3-8H2,1-2H3. The zero-order valence-corrected chi connectivity index (χ0v) is 12.8. The van der Waals surface area contributed by atoms with Crippen LogP contribution in [0.2, 0.25) is 0 Å². The average Bonchev–Trinajstić information content (AvgIpc) is 2.68. The van der Waals surface area contributed by atoms with Crippen LogP contribution in [0, 0.1) is 0 Å². The van der Waals surface area contributed by atoms with E-state index in [9.17, 15) is 14.4 Å². The summed E-state index contributed by atoms with van der Waals surface area (Å²) in [5, 5.41) is 0. The van der Waals surface area contributed by atoms with Crippen molar-refractivity contribution in [2.24, 2.45) is 0 Å². The largest absolute Gasteiger partial charge is 0.434 e. The van der Waals surface area contributed by atoms with E-state index in [0.717, 1.165) is 12.2 Å². The number of unbranched alkanes of at least 4 members (excludes halogenated alkanes) is 2. The third kappa shape index (κ3) is 5.44. The van der Waals surface area contributed by atoms with Crippen molar-refractivity contribution in [1.82, 2.24) is 4.90 Å². The third-order valence-electron chi connectivity index (χ3n) is 2.54. The Kier molecular flexibility index (Phi) is 7.30. The first-order chi connectivity index (χ1) is 9.06. The fourth-order valence-corrected chi connectivity index (χ4v) is 3.62. The molecule has 5 nitrogen and oxygen atoms in total. The van der Waals surface area contributed by atoms with E-state index in [-0.39, 0.29) is 18.3 Å². The van der Waals surface area contributed by atoms with Crippen molar-refractivity contribution in [1.29, 1.82) is 0 Å². The van der Waals surface area contributed by atoms with E-state index in [1.807, 2.05) is 0 Å². The molecule has 1 rings (SSSR count). The number of ether oxygens (including phenoxy) is 1. The summed E-state index contributed by atoms with van der Waals surface area (Å²) in [4.78, 5) is 34.9. The summed E-state index contributed by atoms with van der Waals surface area (Å²) in [6.45, 7) is 3.88. The molecule has 0 aromatic carbocycles. The van der Waals surface area contributed by atoms with Gasteiger partial charge in [-0.3, -0.25) is 9.59 Å². The lowest BCUT2D eigenvalue weighted by Gasteiger charge is -2.16.